The van der Waals surface area contributed by atoms with Crippen LogP contribution in [-0.2, 0) is 43.1 Å². The van der Waals surface area contributed by atoms with Crippen LogP contribution < -0.4 is 144 Å². The molecule has 5 rings (SSSR count). The van der Waals surface area contributed by atoms with Gasteiger partial charge in [0.15, 0.2) is 24.8 Å². The molecular weight excluding hydrogens is 1120 g/mol. The number of benzene rings is 4. The number of phenolic OH excluding ortho intramolecular Hbond substituents is 1. The van der Waals surface area contributed by atoms with Crippen LogP contribution in [0.15, 0.2) is 116 Å². The predicted molar refractivity (Wildman–Crippen MR) is 265 cm³/mol. The molecule has 0 aliphatic carbocycles. The fourth-order valence-electron chi connectivity index (χ4n) is 4.04. The molecule has 24 nitrogen and oxygen atoms in total. The molecule has 0 aliphatic rings. The molecule has 0 spiro atoms. The van der Waals surface area contributed by atoms with Crippen molar-refractivity contribution in [2.24, 2.45) is 0 Å². The molecule has 4 aromatic carbocycles. The summed E-state index contributed by atoms with van der Waals surface area (Å²) in [6.07, 6.45) is 2.13. The predicted octanol–water partition coefficient (Wildman–Crippen LogP) is -1.65. The molecule has 0 atom stereocenters. The number of hydrogen-bond acceptors (Lipinski definition) is 21. The first-order valence-electron chi connectivity index (χ1n) is 19.6. The number of nitrogens with two attached hydrogens (primary N) is 1. The molecule has 5 aromatic rings. The Morgan fingerprint density at radius 2 is 1.26 bits per heavy atom. The van der Waals surface area contributed by atoms with E-state index >= 15 is 0 Å². The standard InChI is InChI=1S/C13H10ClFN4O.C10H11NO4.C10H13NO3.C6H5NO2.C4H7BrO2.CH2O3.CH4.2K.2H2O.H2.H/c1-2-11(20)17-8-4-3-5-9(6-8)18-12-10(15)7-16-13(14)19-12;1-2-14-10(12)7-15-9-5-3-8(11-13)4-6-9;1-2-13-10(12)7-14-9-5-3-8(11)4-6-9;8-6-3-1-5(7-9)2-4-6;1-2-7-4(6)3-5;2-1-4-3;;;;;;;/h2-7H,1H2,(H,17,20)(H,16,18,19);3-6H,2,7H2,1H3;3-6H,2,7,11H2,1H3;1-4,8H;2-3H2,1H3;1,3H;1H4;;;2*1H2;1H;/q;;;;;;;2*+1;;;;-1/p-1. The molecule has 0 unspecified atom stereocenters. The zero-order valence-electron chi connectivity index (χ0n) is 41.1. The third-order valence-corrected chi connectivity index (χ3v) is 7.55. The van der Waals surface area contributed by atoms with Crippen LogP contribution in [0.4, 0.5) is 38.6 Å². The topological polar surface area (TPSA) is 382 Å². The second-order valence-corrected chi connectivity index (χ2v) is 12.8. The van der Waals surface area contributed by atoms with Gasteiger partial charge in [-0.3, -0.25) is 14.4 Å². The number of halogens is 3. The number of anilines is 4. The number of esters is 3. The van der Waals surface area contributed by atoms with Crippen molar-refractivity contribution in [2.75, 3.05) is 54.7 Å². The summed E-state index contributed by atoms with van der Waals surface area (Å²) < 4.78 is 37.6. The Balaban J connectivity index is -0.000000126. The number of rotatable bonds is 17. The smallest absolute Gasteiger partial charge is 1.00 e. The van der Waals surface area contributed by atoms with E-state index in [0.717, 1.165) is 12.3 Å². The summed E-state index contributed by atoms with van der Waals surface area (Å²) in [7, 11) is 0. The maximum absolute atomic E-state index is 13.5. The minimum Gasteiger partial charge on any atom is -1.00 e. The molecule has 398 valence electrons. The number of hydrogen-bond donors (Lipinski definition) is 6. The van der Waals surface area contributed by atoms with Crippen LogP contribution in [0.5, 0.6) is 17.2 Å². The van der Waals surface area contributed by atoms with Crippen LogP contribution in [0.2, 0.25) is 5.28 Å². The molecule has 0 aliphatic heterocycles. The molecule has 1 aromatic heterocycles. The number of alkyl halides is 1. The number of phenols is 1. The Bertz CT molecular complexity index is 2350. The third-order valence-electron chi connectivity index (χ3n) is 6.91. The molecule has 1 heterocycles. The minimum absolute atomic E-state index is 0. The molecular formula is C45H58BrClFK2N7O17. The van der Waals surface area contributed by atoms with Crippen molar-refractivity contribution in [1.29, 1.82) is 0 Å². The van der Waals surface area contributed by atoms with Crippen molar-refractivity contribution in [1.82, 2.24) is 9.97 Å². The van der Waals surface area contributed by atoms with Gasteiger partial charge in [-0.2, -0.15) is 4.98 Å². The van der Waals surface area contributed by atoms with E-state index in [1.54, 1.807) is 104 Å². The molecule has 29 heteroatoms. The fraction of sp³-hybridized carbons (Fsp3) is 0.222. The first-order chi connectivity index (χ1) is 33.1. The number of carbonyl (C=O) groups excluding carboxylic acids is 5. The second-order valence-electron chi connectivity index (χ2n) is 11.9. The molecule has 0 saturated carbocycles. The molecule has 0 bridgehead atoms. The van der Waals surface area contributed by atoms with Crippen molar-refractivity contribution in [3.8, 4) is 17.2 Å². The average molecular weight is 1180 g/mol. The number of ether oxygens (including phenoxy) is 5. The van der Waals surface area contributed by atoms with E-state index in [2.05, 4.69) is 57.5 Å². The number of carbonyl (C=O) groups is 5. The average Bonchev–Trinajstić information content (AvgIpc) is 3.36. The van der Waals surface area contributed by atoms with Gasteiger partial charge in [-0.15, -0.1) is 0 Å². The molecule has 9 N–H and O–H groups in total. The van der Waals surface area contributed by atoms with Crippen LogP contribution >= 0.6 is 27.5 Å². The van der Waals surface area contributed by atoms with Gasteiger partial charge >= 0.3 is 121 Å². The van der Waals surface area contributed by atoms with Gasteiger partial charge in [0.1, 0.15) is 22.6 Å². The monoisotopic (exact) mass is 1180 g/mol. The maximum Gasteiger partial charge on any atom is 1.00 e. The summed E-state index contributed by atoms with van der Waals surface area (Å²) in [4.78, 5) is 81.8. The van der Waals surface area contributed by atoms with Gasteiger partial charge in [0.25, 0.3) is 17.8 Å². The van der Waals surface area contributed by atoms with Gasteiger partial charge in [-0.1, -0.05) is 36.0 Å². The number of aromatic hydroxyl groups is 1. The van der Waals surface area contributed by atoms with Crippen molar-refractivity contribution in [2.45, 2.75) is 28.2 Å². The van der Waals surface area contributed by atoms with Gasteiger partial charge in [-0.05, 0) is 105 Å². The summed E-state index contributed by atoms with van der Waals surface area (Å²) >= 11 is 8.55. The van der Waals surface area contributed by atoms with Crippen LogP contribution in [-0.4, -0.2) is 94.7 Å². The molecule has 0 saturated heterocycles. The van der Waals surface area contributed by atoms with Crippen molar-refractivity contribution in [3.05, 3.63) is 137 Å². The number of nitrogens with one attached hydrogen (secondary N) is 4. The Hall–Kier alpha value is -4.90. The van der Waals surface area contributed by atoms with E-state index in [-0.39, 0.29) is 178 Å². The zero-order valence-corrected chi connectivity index (χ0v) is 48.7. The summed E-state index contributed by atoms with van der Waals surface area (Å²) in [5.74, 6) is -0.718. The van der Waals surface area contributed by atoms with Crippen molar-refractivity contribution >= 4 is 92.1 Å². The van der Waals surface area contributed by atoms with Gasteiger partial charge < -0.3 is 67.7 Å². The summed E-state index contributed by atoms with van der Waals surface area (Å²) in [5.41, 5.74) is 8.12. The van der Waals surface area contributed by atoms with Crippen LogP contribution in [0.25, 0.3) is 0 Å². The van der Waals surface area contributed by atoms with E-state index in [4.69, 9.17) is 46.7 Å². The summed E-state index contributed by atoms with van der Waals surface area (Å²) in [6, 6.07) is 25.7. The fourth-order valence-corrected chi connectivity index (χ4v) is 4.34. The van der Waals surface area contributed by atoms with E-state index in [0.29, 0.717) is 65.1 Å². The quantitative estimate of drug-likeness (QED) is 0.00519. The van der Waals surface area contributed by atoms with E-state index < -0.39 is 11.8 Å². The van der Waals surface area contributed by atoms with E-state index in [1.807, 2.05) is 0 Å². The van der Waals surface area contributed by atoms with Gasteiger partial charge in [0, 0.05) is 62.9 Å². The Kier molecular flexibility index (Phi) is 56.1. The number of nitroso groups, excluding NO2 is 2. The van der Waals surface area contributed by atoms with E-state index in [1.165, 1.54) is 24.3 Å². The van der Waals surface area contributed by atoms with Gasteiger partial charge in [0.2, 0.25) is 11.2 Å². The number of nitrogens with zero attached hydrogens (tertiary/aromatic N) is 2. The first kappa shape index (κ1) is 80.5. The molecule has 1 amide bonds. The Morgan fingerprint density at radius 1 is 0.824 bits per heavy atom. The van der Waals surface area contributed by atoms with E-state index in [9.17, 15) is 33.4 Å². The van der Waals surface area contributed by atoms with Crippen molar-refractivity contribution in [3.63, 3.8) is 0 Å². The Labute approximate surface area is 527 Å². The van der Waals surface area contributed by atoms with Crippen LogP contribution in [0.1, 0.15) is 31.1 Å². The minimum atomic E-state index is -0.630. The van der Waals surface area contributed by atoms with Crippen LogP contribution in [0, 0.1) is 15.6 Å². The number of nitrogen functional groups attached to an aromatic ring is 1. The Morgan fingerprint density at radius 3 is 1.66 bits per heavy atom. The van der Waals surface area contributed by atoms with Crippen molar-refractivity contribution < 1.29 is 194 Å². The normalized spacial score (nSPS) is 8.53. The molecule has 0 radical (unpaired) electrons. The van der Waals surface area contributed by atoms with Gasteiger partial charge in [0.05, 0.1) is 26.0 Å². The molecule has 74 heavy (non-hydrogen) atoms. The summed E-state index contributed by atoms with van der Waals surface area (Å²) in [6.45, 7) is 9.40. The molecule has 0 fully saturated rings. The number of amides is 1. The SMILES string of the molecule is C.C=CC(=O)Nc1cccc(Nc2nc(Cl)ncc2F)c1.CCOC(=O)CBr.CCOC(=O)COc1ccc(N)cc1.CCOC(=O)COc1ccc([NH+]=O)cc1.O=CO[O-].O=[NH+]c1ccc(O)cc1.[H-].[HH].[K+].[K+].[OH-].[OH-]. The second kappa shape index (κ2) is 51.6. The first-order valence-corrected chi connectivity index (χ1v) is 21.1. The van der Waals surface area contributed by atoms with Crippen LogP contribution in [0.3, 0.4) is 0 Å². The summed E-state index contributed by atoms with van der Waals surface area (Å²) in [5, 5.41) is 26.2. The number of aromatic nitrogens is 2. The third kappa shape index (κ3) is 41.5. The largest absolute Gasteiger partial charge is 1.00 e. The maximum atomic E-state index is 13.5. The van der Waals surface area contributed by atoms with Gasteiger partial charge in [-0.25, -0.2) is 19.0 Å². The zero-order chi connectivity index (χ0) is 51.8.